The summed E-state index contributed by atoms with van der Waals surface area (Å²) in [6, 6.07) is 12.9. The molecule has 5 heteroatoms. The largest absolute Gasteiger partial charge is 0.493 e. The lowest BCUT2D eigenvalue weighted by Crippen LogP contribution is -2.11. The van der Waals surface area contributed by atoms with Crippen LogP contribution in [0.3, 0.4) is 0 Å². The SMILES string of the molecule is COc1ccc(/C=C/C(=O)Nc2ccccc2OCC(C)C)cc1OC. The van der Waals surface area contributed by atoms with Gasteiger partial charge in [-0.2, -0.15) is 0 Å². The first-order valence-electron chi connectivity index (χ1n) is 8.46. The third kappa shape index (κ3) is 5.55. The molecule has 0 fully saturated rings. The molecule has 0 unspecified atom stereocenters. The third-order valence-electron chi connectivity index (χ3n) is 3.55. The van der Waals surface area contributed by atoms with E-state index in [2.05, 4.69) is 19.2 Å². The average molecular weight is 355 g/mol. The van der Waals surface area contributed by atoms with Crippen LogP contribution in [0.1, 0.15) is 19.4 Å². The van der Waals surface area contributed by atoms with E-state index in [4.69, 9.17) is 14.2 Å². The molecule has 0 heterocycles. The molecule has 1 amide bonds. The lowest BCUT2D eigenvalue weighted by atomic mass is 10.2. The van der Waals surface area contributed by atoms with Gasteiger partial charge >= 0.3 is 0 Å². The van der Waals surface area contributed by atoms with Crippen LogP contribution in [0, 0.1) is 5.92 Å². The van der Waals surface area contributed by atoms with Gasteiger partial charge in [0.2, 0.25) is 5.91 Å². The molecule has 0 aliphatic rings. The Morgan fingerprint density at radius 2 is 1.77 bits per heavy atom. The van der Waals surface area contributed by atoms with Crippen LogP contribution in [0.25, 0.3) is 6.08 Å². The molecule has 0 radical (unpaired) electrons. The first-order valence-corrected chi connectivity index (χ1v) is 8.46. The number of carbonyl (C=O) groups excluding carboxylic acids is 1. The van der Waals surface area contributed by atoms with Crippen molar-refractivity contribution >= 4 is 17.7 Å². The average Bonchev–Trinajstić information content (AvgIpc) is 2.65. The molecule has 2 rings (SSSR count). The van der Waals surface area contributed by atoms with Crippen LogP contribution in [-0.2, 0) is 4.79 Å². The molecule has 0 aromatic heterocycles. The minimum atomic E-state index is -0.236. The number of nitrogens with one attached hydrogen (secondary N) is 1. The van der Waals surface area contributed by atoms with E-state index in [-0.39, 0.29) is 5.91 Å². The molecule has 1 N–H and O–H groups in total. The van der Waals surface area contributed by atoms with Crippen molar-refractivity contribution in [1.29, 1.82) is 0 Å². The van der Waals surface area contributed by atoms with Gasteiger partial charge in [0.15, 0.2) is 11.5 Å². The molecule has 0 saturated carbocycles. The van der Waals surface area contributed by atoms with Crippen LogP contribution in [0.15, 0.2) is 48.5 Å². The molecule has 0 saturated heterocycles. The Kier molecular flexibility index (Phi) is 7.09. The van der Waals surface area contributed by atoms with E-state index in [0.29, 0.717) is 35.5 Å². The quantitative estimate of drug-likeness (QED) is 0.714. The summed E-state index contributed by atoms with van der Waals surface area (Å²) in [5.41, 5.74) is 1.48. The molecule has 2 aromatic carbocycles. The van der Waals surface area contributed by atoms with Gasteiger partial charge in [0, 0.05) is 6.08 Å². The summed E-state index contributed by atoms with van der Waals surface area (Å²) in [4.78, 5) is 12.2. The normalized spacial score (nSPS) is 10.8. The number of methoxy groups -OCH3 is 2. The zero-order valence-corrected chi connectivity index (χ0v) is 15.6. The first-order chi connectivity index (χ1) is 12.5. The van der Waals surface area contributed by atoms with Crippen LogP contribution in [-0.4, -0.2) is 26.7 Å². The molecule has 0 bridgehead atoms. The van der Waals surface area contributed by atoms with Gasteiger partial charge in [0.05, 0.1) is 26.5 Å². The van der Waals surface area contributed by atoms with Crippen LogP contribution < -0.4 is 19.5 Å². The van der Waals surface area contributed by atoms with Gasteiger partial charge in [-0.05, 0) is 41.8 Å². The van der Waals surface area contributed by atoms with Gasteiger partial charge < -0.3 is 19.5 Å². The second-order valence-electron chi connectivity index (χ2n) is 6.14. The van der Waals surface area contributed by atoms with Crippen molar-refractivity contribution in [1.82, 2.24) is 0 Å². The maximum atomic E-state index is 12.2. The smallest absolute Gasteiger partial charge is 0.248 e. The number of para-hydroxylation sites is 2. The summed E-state index contributed by atoms with van der Waals surface area (Å²) < 4.78 is 16.2. The zero-order valence-electron chi connectivity index (χ0n) is 15.6. The van der Waals surface area contributed by atoms with Crippen molar-refractivity contribution in [2.45, 2.75) is 13.8 Å². The maximum Gasteiger partial charge on any atom is 0.248 e. The summed E-state index contributed by atoms with van der Waals surface area (Å²) in [5.74, 6) is 2.09. The van der Waals surface area contributed by atoms with Crippen LogP contribution >= 0.6 is 0 Å². The molecule has 0 atom stereocenters. The Labute approximate surface area is 154 Å². The number of carbonyl (C=O) groups is 1. The second kappa shape index (κ2) is 9.51. The van der Waals surface area contributed by atoms with Crippen molar-refractivity contribution in [3.63, 3.8) is 0 Å². The minimum absolute atomic E-state index is 0.236. The lowest BCUT2D eigenvalue weighted by molar-refractivity contribution is -0.111. The zero-order chi connectivity index (χ0) is 18.9. The highest BCUT2D eigenvalue weighted by Crippen LogP contribution is 2.28. The van der Waals surface area contributed by atoms with Gasteiger partial charge in [-0.15, -0.1) is 0 Å². The molecule has 26 heavy (non-hydrogen) atoms. The predicted molar refractivity (Wildman–Crippen MR) is 104 cm³/mol. The molecule has 5 nitrogen and oxygen atoms in total. The molecule has 0 spiro atoms. The highest BCUT2D eigenvalue weighted by Gasteiger charge is 2.07. The van der Waals surface area contributed by atoms with Crippen molar-refractivity contribution in [3.05, 3.63) is 54.1 Å². The standard InChI is InChI=1S/C21H25NO4/c1-15(2)14-26-18-8-6-5-7-17(18)22-21(23)12-10-16-9-11-19(24-3)20(13-16)25-4/h5-13,15H,14H2,1-4H3,(H,22,23)/b12-10+. The van der Waals surface area contributed by atoms with Gasteiger partial charge in [0.25, 0.3) is 0 Å². The minimum Gasteiger partial charge on any atom is -0.493 e. The third-order valence-corrected chi connectivity index (χ3v) is 3.55. The van der Waals surface area contributed by atoms with Crippen LogP contribution in [0.4, 0.5) is 5.69 Å². The van der Waals surface area contributed by atoms with Gasteiger partial charge in [0.1, 0.15) is 5.75 Å². The van der Waals surface area contributed by atoms with Crippen molar-refractivity contribution < 1.29 is 19.0 Å². The fourth-order valence-electron chi connectivity index (χ4n) is 2.26. The molecular weight excluding hydrogens is 330 g/mol. The predicted octanol–water partition coefficient (Wildman–Crippen LogP) is 4.39. The topological polar surface area (TPSA) is 56.8 Å². The van der Waals surface area contributed by atoms with Crippen molar-refractivity contribution in [2.75, 3.05) is 26.1 Å². The summed E-state index contributed by atoms with van der Waals surface area (Å²) in [6.07, 6.45) is 3.19. The van der Waals surface area contributed by atoms with Gasteiger partial charge in [-0.1, -0.05) is 32.0 Å². The van der Waals surface area contributed by atoms with E-state index in [1.807, 2.05) is 36.4 Å². The number of hydrogen-bond acceptors (Lipinski definition) is 4. The van der Waals surface area contributed by atoms with E-state index in [1.165, 1.54) is 6.08 Å². The number of amides is 1. The number of rotatable bonds is 8. The molecule has 0 aliphatic heterocycles. The van der Waals surface area contributed by atoms with Crippen LogP contribution in [0.2, 0.25) is 0 Å². The van der Waals surface area contributed by atoms with Gasteiger partial charge in [-0.3, -0.25) is 4.79 Å². The molecular formula is C21H25NO4. The Bertz CT molecular complexity index is 768. The summed E-state index contributed by atoms with van der Waals surface area (Å²) in [7, 11) is 3.16. The Hall–Kier alpha value is -2.95. The first kappa shape index (κ1) is 19.4. The monoisotopic (exact) mass is 355 g/mol. The van der Waals surface area contributed by atoms with Gasteiger partial charge in [-0.25, -0.2) is 0 Å². The number of ether oxygens (including phenoxy) is 3. The Balaban J connectivity index is 2.06. The Morgan fingerprint density at radius 1 is 1.04 bits per heavy atom. The summed E-state index contributed by atoms with van der Waals surface area (Å²) in [6.45, 7) is 4.74. The number of anilines is 1. The second-order valence-corrected chi connectivity index (χ2v) is 6.14. The van der Waals surface area contributed by atoms with E-state index >= 15 is 0 Å². The van der Waals surface area contributed by atoms with Crippen molar-refractivity contribution in [3.8, 4) is 17.2 Å². The maximum absolute atomic E-state index is 12.2. The molecule has 138 valence electrons. The van der Waals surface area contributed by atoms with Crippen LogP contribution in [0.5, 0.6) is 17.2 Å². The number of benzene rings is 2. The van der Waals surface area contributed by atoms with E-state index in [0.717, 1.165) is 5.56 Å². The summed E-state index contributed by atoms with van der Waals surface area (Å²) in [5, 5.41) is 2.85. The fourth-order valence-corrected chi connectivity index (χ4v) is 2.26. The Morgan fingerprint density at radius 3 is 2.46 bits per heavy atom. The van der Waals surface area contributed by atoms with Crippen molar-refractivity contribution in [2.24, 2.45) is 5.92 Å². The van der Waals surface area contributed by atoms with E-state index in [1.54, 1.807) is 26.4 Å². The summed E-state index contributed by atoms with van der Waals surface area (Å²) >= 11 is 0. The van der Waals surface area contributed by atoms with E-state index in [9.17, 15) is 4.79 Å². The highest BCUT2D eigenvalue weighted by molar-refractivity contribution is 6.02. The molecule has 2 aromatic rings. The highest BCUT2D eigenvalue weighted by atomic mass is 16.5. The molecule has 0 aliphatic carbocycles. The van der Waals surface area contributed by atoms with E-state index < -0.39 is 0 Å². The number of hydrogen-bond donors (Lipinski definition) is 1. The lowest BCUT2D eigenvalue weighted by Gasteiger charge is -2.13. The fraction of sp³-hybridized carbons (Fsp3) is 0.286.